The van der Waals surface area contributed by atoms with E-state index in [4.69, 9.17) is 15.2 Å². The van der Waals surface area contributed by atoms with Crippen LogP contribution in [0.1, 0.15) is 37.4 Å². The number of benzene rings is 1. The molecule has 1 aromatic rings. The van der Waals surface area contributed by atoms with Gasteiger partial charge in [-0.25, -0.2) is 0 Å². The fourth-order valence-corrected chi connectivity index (χ4v) is 3.48. The first kappa shape index (κ1) is 19.2. The average Bonchev–Trinajstić information content (AvgIpc) is 3.10. The summed E-state index contributed by atoms with van der Waals surface area (Å²) in [7, 11) is 0. The molecule has 134 valence electrons. The Labute approximate surface area is 149 Å². The number of halogens is 1. The fraction of sp³-hybridized carbons (Fsp3) is 0.611. The van der Waals surface area contributed by atoms with E-state index >= 15 is 0 Å². The van der Waals surface area contributed by atoms with E-state index in [0.717, 1.165) is 32.3 Å². The van der Waals surface area contributed by atoms with E-state index in [2.05, 4.69) is 17.4 Å². The summed E-state index contributed by atoms with van der Waals surface area (Å²) in [5.74, 6) is 0.292. The third kappa shape index (κ3) is 4.70. The van der Waals surface area contributed by atoms with Crippen LogP contribution in [0.15, 0.2) is 30.3 Å². The summed E-state index contributed by atoms with van der Waals surface area (Å²) < 4.78 is 11.6. The van der Waals surface area contributed by atoms with Crippen molar-refractivity contribution in [3.8, 4) is 0 Å². The predicted molar refractivity (Wildman–Crippen MR) is 95.1 cm³/mol. The smallest absolute Gasteiger partial charge is 0.249 e. The summed E-state index contributed by atoms with van der Waals surface area (Å²) in [6.45, 7) is 1.90. The molecule has 4 atom stereocenters. The van der Waals surface area contributed by atoms with E-state index in [-0.39, 0.29) is 36.6 Å². The van der Waals surface area contributed by atoms with Gasteiger partial charge in [-0.1, -0.05) is 30.3 Å². The third-order valence-electron chi connectivity index (χ3n) is 4.77. The van der Waals surface area contributed by atoms with Crippen molar-refractivity contribution in [1.82, 2.24) is 5.32 Å². The molecule has 0 saturated carbocycles. The maximum Gasteiger partial charge on any atom is 0.249 e. The maximum atomic E-state index is 12.3. The van der Waals surface area contributed by atoms with Crippen molar-refractivity contribution in [3.05, 3.63) is 35.9 Å². The molecule has 3 N–H and O–H groups in total. The number of carbonyl (C=O) groups is 1. The molecule has 2 aliphatic heterocycles. The van der Waals surface area contributed by atoms with Crippen molar-refractivity contribution < 1.29 is 14.3 Å². The molecule has 24 heavy (non-hydrogen) atoms. The van der Waals surface area contributed by atoms with Gasteiger partial charge in [-0.2, -0.15) is 0 Å². The van der Waals surface area contributed by atoms with Crippen LogP contribution in [0.25, 0.3) is 0 Å². The minimum atomic E-state index is -0.344. The van der Waals surface area contributed by atoms with Gasteiger partial charge in [0.15, 0.2) is 0 Å². The van der Waals surface area contributed by atoms with E-state index in [1.807, 2.05) is 18.2 Å². The van der Waals surface area contributed by atoms with Gasteiger partial charge in [0.2, 0.25) is 5.91 Å². The Bertz CT molecular complexity index is 514. The molecule has 0 spiro atoms. The van der Waals surface area contributed by atoms with Gasteiger partial charge >= 0.3 is 0 Å². The van der Waals surface area contributed by atoms with Crippen LogP contribution in [0.5, 0.6) is 0 Å². The van der Waals surface area contributed by atoms with Crippen LogP contribution in [0, 0.1) is 5.92 Å². The topological polar surface area (TPSA) is 73.6 Å². The second-order valence-corrected chi connectivity index (χ2v) is 6.41. The zero-order chi connectivity index (χ0) is 16.1. The van der Waals surface area contributed by atoms with Gasteiger partial charge in [0.05, 0.1) is 12.2 Å². The minimum Gasteiger partial charge on any atom is -0.373 e. The predicted octanol–water partition coefficient (Wildman–Crippen LogP) is 2.20. The largest absolute Gasteiger partial charge is 0.373 e. The Morgan fingerprint density at radius 3 is 2.71 bits per heavy atom. The summed E-state index contributed by atoms with van der Waals surface area (Å²) in [4.78, 5) is 12.3. The first-order chi connectivity index (χ1) is 11.3. The van der Waals surface area contributed by atoms with E-state index in [1.54, 1.807) is 0 Å². The molecule has 0 radical (unpaired) electrons. The summed E-state index contributed by atoms with van der Waals surface area (Å²) in [6, 6.07) is 10.3. The van der Waals surface area contributed by atoms with Gasteiger partial charge < -0.3 is 20.5 Å². The highest BCUT2D eigenvalue weighted by Gasteiger charge is 2.32. The maximum absolute atomic E-state index is 12.3. The van der Waals surface area contributed by atoms with Gasteiger partial charge in [0, 0.05) is 25.6 Å². The van der Waals surface area contributed by atoms with Gasteiger partial charge in [-0.05, 0) is 31.2 Å². The van der Waals surface area contributed by atoms with Crippen LogP contribution >= 0.6 is 12.4 Å². The number of hydrogen-bond donors (Lipinski definition) is 2. The molecule has 0 bridgehead atoms. The molecule has 2 unspecified atom stereocenters. The molecule has 2 fully saturated rings. The molecule has 3 rings (SSSR count). The number of carbonyl (C=O) groups excluding carboxylic acids is 1. The van der Waals surface area contributed by atoms with Crippen LogP contribution in [0.2, 0.25) is 0 Å². The molecule has 2 saturated heterocycles. The number of rotatable bonds is 5. The molecule has 5 nitrogen and oxygen atoms in total. The molecular formula is C18H27ClN2O3. The van der Waals surface area contributed by atoms with Gasteiger partial charge in [-0.15, -0.1) is 12.4 Å². The minimum absolute atomic E-state index is 0. The fourth-order valence-electron chi connectivity index (χ4n) is 3.48. The number of nitrogens with one attached hydrogen (secondary N) is 1. The van der Waals surface area contributed by atoms with Crippen molar-refractivity contribution in [3.63, 3.8) is 0 Å². The lowest BCUT2D eigenvalue weighted by Gasteiger charge is -2.32. The van der Waals surface area contributed by atoms with Gasteiger partial charge in [0.1, 0.15) is 6.10 Å². The third-order valence-corrected chi connectivity index (χ3v) is 4.77. The second kappa shape index (κ2) is 9.37. The van der Waals surface area contributed by atoms with Crippen molar-refractivity contribution in [2.45, 2.75) is 44.0 Å². The quantitative estimate of drug-likeness (QED) is 0.850. The first-order valence-corrected chi connectivity index (χ1v) is 8.57. The Kier molecular flexibility index (Phi) is 7.49. The van der Waals surface area contributed by atoms with Crippen LogP contribution in [0.3, 0.4) is 0 Å². The van der Waals surface area contributed by atoms with Crippen molar-refractivity contribution in [1.29, 1.82) is 0 Å². The summed E-state index contributed by atoms with van der Waals surface area (Å²) in [6.07, 6.45) is 3.48. The molecule has 0 aromatic heterocycles. The number of hydrogen-bond acceptors (Lipinski definition) is 4. The second-order valence-electron chi connectivity index (χ2n) is 6.41. The summed E-state index contributed by atoms with van der Waals surface area (Å²) in [5.41, 5.74) is 6.78. The van der Waals surface area contributed by atoms with Crippen molar-refractivity contribution in [2.75, 3.05) is 19.7 Å². The van der Waals surface area contributed by atoms with Crippen molar-refractivity contribution >= 4 is 18.3 Å². The van der Waals surface area contributed by atoms with Gasteiger partial charge in [0.25, 0.3) is 0 Å². The monoisotopic (exact) mass is 354 g/mol. The lowest BCUT2D eigenvalue weighted by atomic mass is 9.89. The SMILES string of the molecule is Cl.NC[C@H]1CC[C@@H](C(=O)NCC2CCCOC2c2ccccc2)O1. The summed E-state index contributed by atoms with van der Waals surface area (Å²) >= 11 is 0. The molecule has 0 aliphatic carbocycles. The normalized spacial score (nSPS) is 29.7. The number of amides is 1. The number of ether oxygens (including phenoxy) is 2. The zero-order valence-electron chi connectivity index (χ0n) is 13.9. The highest BCUT2D eigenvalue weighted by atomic mass is 35.5. The molecular weight excluding hydrogens is 328 g/mol. The lowest BCUT2D eigenvalue weighted by Crippen LogP contribution is -2.40. The standard InChI is InChI=1S/C18H26N2O3.ClH/c19-11-15-8-9-16(23-15)18(21)20-12-14-7-4-10-22-17(14)13-5-2-1-3-6-13;/h1-3,5-6,14-17H,4,7-12,19H2,(H,20,21);1H/t14?,15-,16+,17?;/m1./s1. The van der Waals surface area contributed by atoms with Gasteiger partial charge in [-0.3, -0.25) is 4.79 Å². The number of nitrogens with two attached hydrogens (primary N) is 1. The molecule has 1 aromatic carbocycles. The molecule has 6 heteroatoms. The first-order valence-electron chi connectivity index (χ1n) is 8.57. The highest BCUT2D eigenvalue weighted by Crippen LogP contribution is 2.33. The molecule has 1 amide bonds. The van der Waals surface area contributed by atoms with Crippen LogP contribution in [-0.2, 0) is 14.3 Å². The average molecular weight is 355 g/mol. The van der Waals surface area contributed by atoms with E-state index < -0.39 is 0 Å². The van der Waals surface area contributed by atoms with Crippen LogP contribution in [-0.4, -0.2) is 37.8 Å². The van der Waals surface area contributed by atoms with E-state index in [0.29, 0.717) is 19.0 Å². The molecule has 2 aliphatic rings. The van der Waals surface area contributed by atoms with Crippen LogP contribution < -0.4 is 11.1 Å². The lowest BCUT2D eigenvalue weighted by molar-refractivity contribution is -0.132. The van der Waals surface area contributed by atoms with E-state index in [1.165, 1.54) is 5.56 Å². The molecule has 2 heterocycles. The van der Waals surface area contributed by atoms with Crippen molar-refractivity contribution in [2.24, 2.45) is 11.7 Å². The summed E-state index contributed by atoms with van der Waals surface area (Å²) in [5, 5.41) is 3.05. The Morgan fingerprint density at radius 2 is 2.00 bits per heavy atom. The Balaban J connectivity index is 0.00000208. The van der Waals surface area contributed by atoms with Crippen LogP contribution in [0.4, 0.5) is 0 Å². The Morgan fingerprint density at radius 1 is 1.21 bits per heavy atom. The highest BCUT2D eigenvalue weighted by molar-refractivity contribution is 5.85. The van der Waals surface area contributed by atoms with E-state index in [9.17, 15) is 4.79 Å². The zero-order valence-corrected chi connectivity index (χ0v) is 14.7. The Hall–Kier alpha value is -1.14.